The van der Waals surface area contributed by atoms with Crippen LogP contribution in [-0.2, 0) is 6.61 Å². The van der Waals surface area contributed by atoms with E-state index in [2.05, 4.69) is 32.7 Å². The third-order valence-electron chi connectivity index (χ3n) is 6.04. The van der Waals surface area contributed by atoms with E-state index in [-0.39, 0.29) is 23.4 Å². The number of aryl methyl sites for hydroxylation is 1. The van der Waals surface area contributed by atoms with Crippen molar-refractivity contribution in [2.45, 2.75) is 45.8 Å². The minimum absolute atomic E-state index is 0.116. The molecule has 8 nitrogen and oxygen atoms in total. The summed E-state index contributed by atoms with van der Waals surface area (Å²) >= 11 is 1.19. The summed E-state index contributed by atoms with van der Waals surface area (Å²) in [6.45, 7) is 7.07. The summed E-state index contributed by atoms with van der Waals surface area (Å²) in [4.78, 5) is 27.4. The zero-order valence-corrected chi connectivity index (χ0v) is 20.9. The van der Waals surface area contributed by atoms with Crippen LogP contribution in [0.25, 0.3) is 0 Å². The minimum atomic E-state index is -0.350. The second-order valence-electron chi connectivity index (χ2n) is 8.77. The van der Waals surface area contributed by atoms with Gasteiger partial charge in [-0.3, -0.25) is 14.5 Å². The number of amides is 2. The van der Waals surface area contributed by atoms with E-state index in [0.717, 1.165) is 24.4 Å². The largest absolute Gasteiger partial charge is 0.486 e. The summed E-state index contributed by atoms with van der Waals surface area (Å²) in [6.07, 6.45) is 3.74. The van der Waals surface area contributed by atoms with Crippen molar-refractivity contribution in [3.63, 3.8) is 0 Å². The number of carbonyl (C=O) groups excluding carboxylic acids is 2. The molecule has 1 aromatic heterocycles. The number of nitrogens with zero attached hydrogens (tertiary/aromatic N) is 3. The smallest absolute Gasteiger partial charge is 0.286 e. The standard InChI is InChI=1S/C26H31N5O3S/c1-18-6-5-8-22(16-18)34-17-23-29-30-26(35-23)25(33)28-21-11-9-20(10-12-21)24(32)27-13-15-31-14-4-3-7-19(31)2/h5-6,8-12,16,19H,3-4,7,13-15,17H2,1-2H3,(H,27,32)(H,28,33). The summed E-state index contributed by atoms with van der Waals surface area (Å²) in [5.74, 6) is 0.281. The molecule has 1 fully saturated rings. The SMILES string of the molecule is Cc1cccc(OCc2nnc(C(=O)Nc3ccc(C(=O)NCCN4CCCCC4C)cc3)s2)c1. The van der Waals surface area contributed by atoms with Gasteiger partial charge >= 0.3 is 0 Å². The van der Waals surface area contributed by atoms with Crippen LogP contribution in [0.3, 0.4) is 0 Å². The van der Waals surface area contributed by atoms with Crippen molar-refractivity contribution in [2.24, 2.45) is 0 Å². The Morgan fingerprint density at radius 3 is 2.71 bits per heavy atom. The molecule has 0 bridgehead atoms. The Morgan fingerprint density at radius 2 is 1.94 bits per heavy atom. The number of aromatic nitrogens is 2. The summed E-state index contributed by atoms with van der Waals surface area (Å²) < 4.78 is 5.72. The molecule has 1 aliphatic rings. The van der Waals surface area contributed by atoms with E-state index in [1.165, 1.54) is 30.6 Å². The van der Waals surface area contributed by atoms with Gasteiger partial charge in [-0.05, 0) is 75.2 Å². The number of hydrogen-bond donors (Lipinski definition) is 2. The van der Waals surface area contributed by atoms with Gasteiger partial charge < -0.3 is 15.4 Å². The zero-order chi connectivity index (χ0) is 24.6. The van der Waals surface area contributed by atoms with Crippen LogP contribution in [0.2, 0.25) is 0 Å². The first-order valence-corrected chi connectivity index (χ1v) is 12.7. The highest BCUT2D eigenvalue weighted by Crippen LogP contribution is 2.18. The van der Waals surface area contributed by atoms with E-state index in [1.807, 2.05) is 31.2 Å². The van der Waals surface area contributed by atoms with Crippen LogP contribution in [0.15, 0.2) is 48.5 Å². The number of piperidine rings is 1. The van der Waals surface area contributed by atoms with E-state index in [9.17, 15) is 9.59 Å². The highest BCUT2D eigenvalue weighted by Gasteiger charge is 2.18. The fraction of sp³-hybridized carbons (Fsp3) is 0.385. The Kier molecular flexibility index (Phi) is 8.44. The van der Waals surface area contributed by atoms with Crippen LogP contribution < -0.4 is 15.4 Å². The number of anilines is 1. The van der Waals surface area contributed by atoms with Crippen molar-refractivity contribution in [3.8, 4) is 5.75 Å². The molecular formula is C26H31N5O3S. The third kappa shape index (κ3) is 7.10. The van der Waals surface area contributed by atoms with E-state index >= 15 is 0 Å². The maximum Gasteiger partial charge on any atom is 0.286 e. The molecule has 1 aliphatic heterocycles. The number of ether oxygens (including phenoxy) is 1. The number of nitrogens with one attached hydrogen (secondary N) is 2. The predicted octanol–water partition coefficient (Wildman–Crippen LogP) is 4.28. The lowest BCUT2D eigenvalue weighted by atomic mass is 10.0. The molecule has 4 rings (SSSR count). The van der Waals surface area contributed by atoms with Crippen LogP contribution in [-0.4, -0.2) is 52.6 Å². The van der Waals surface area contributed by atoms with Crippen LogP contribution >= 0.6 is 11.3 Å². The fourth-order valence-electron chi connectivity index (χ4n) is 4.05. The van der Waals surface area contributed by atoms with Crippen molar-refractivity contribution >= 4 is 28.8 Å². The Balaban J connectivity index is 1.23. The van der Waals surface area contributed by atoms with E-state index in [1.54, 1.807) is 24.3 Å². The Hall–Kier alpha value is -3.30. The molecule has 1 saturated heterocycles. The van der Waals surface area contributed by atoms with Gasteiger partial charge in [0.1, 0.15) is 12.4 Å². The summed E-state index contributed by atoms with van der Waals surface area (Å²) in [5, 5.41) is 14.7. The molecule has 35 heavy (non-hydrogen) atoms. The molecular weight excluding hydrogens is 462 g/mol. The second-order valence-corrected chi connectivity index (χ2v) is 9.84. The van der Waals surface area contributed by atoms with Gasteiger partial charge in [0.25, 0.3) is 11.8 Å². The Bertz CT molecular complexity index is 1150. The third-order valence-corrected chi connectivity index (χ3v) is 6.94. The highest BCUT2D eigenvalue weighted by molar-refractivity contribution is 7.13. The molecule has 9 heteroatoms. The highest BCUT2D eigenvalue weighted by atomic mass is 32.1. The lowest BCUT2D eigenvalue weighted by molar-refractivity contribution is 0.0938. The summed E-state index contributed by atoms with van der Waals surface area (Å²) in [5.41, 5.74) is 2.25. The summed E-state index contributed by atoms with van der Waals surface area (Å²) in [7, 11) is 0. The van der Waals surface area contributed by atoms with Crippen molar-refractivity contribution < 1.29 is 14.3 Å². The van der Waals surface area contributed by atoms with Crippen molar-refractivity contribution in [1.82, 2.24) is 20.4 Å². The first-order valence-electron chi connectivity index (χ1n) is 11.9. The predicted molar refractivity (Wildman–Crippen MR) is 137 cm³/mol. The molecule has 184 valence electrons. The normalized spacial score (nSPS) is 16.0. The lowest BCUT2D eigenvalue weighted by Gasteiger charge is -2.33. The molecule has 2 amide bonds. The van der Waals surface area contributed by atoms with Crippen LogP contribution in [0.5, 0.6) is 5.75 Å². The molecule has 1 atom stereocenters. The van der Waals surface area contributed by atoms with Crippen molar-refractivity contribution in [1.29, 1.82) is 0 Å². The van der Waals surface area contributed by atoms with Crippen molar-refractivity contribution in [3.05, 3.63) is 69.7 Å². The lowest BCUT2D eigenvalue weighted by Crippen LogP contribution is -2.42. The zero-order valence-electron chi connectivity index (χ0n) is 20.1. The maximum atomic E-state index is 12.6. The number of likely N-dealkylation sites (tertiary alicyclic amines) is 1. The molecule has 0 radical (unpaired) electrons. The Labute approximate surface area is 209 Å². The van der Waals surface area contributed by atoms with Gasteiger partial charge in [-0.2, -0.15) is 0 Å². The van der Waals surface area contributed by atoms with Gasteiger partial charge in [0.15, 0.2) is 5.01 Å². The first kappa shape index (κ1) is 24.8. The van der Waals surface area contributed by atoms with E-state index < -0.39 is 0 Å². The first-order chi connectivity index (χ1) is 17.0. The number of carbonyl (C=O) groups is 2. The second kappa shape index (κ2) is 11.9. The fourth-order valence-corrected chi connectivity index (χ4v) is 4.70. The van der Waals surface area contributed by atoms with E-state index in [0.29, 0.717) is 28.8 Å². The molecule has 2 N–H and O–H groups in total. The van der Waals surface area contributed by atoms with Crippen LogP contribution in [0, 0.1) is 6.92 Å². The number of rotatable bonds is 9. The molecule has 0 spiro atoms. The molecule has 3 aromatic rings. The number of benzene rings is 2. The average molecular weight is 494 g/mol. The van der Waals surface area contributed by atoms with Gasteiger partial charge in [-0.25, -0.2) is 0 Å². The molecule has 2 heterocycles. The van der Waals surface area contributed by atoms with Gasteiger partial charge in [-0.15, -0.1) is 10.2 Å². The monoisotopic (exact) mass is 493 g/mol. The number of hydrogen-bond acceptors (Lipinski definition) is 7. The van der Waals surface area contributed by atoms with Crippen LogP contribution in [0.4, 0.5) is 5.69 Å². The minimum Gasteiger partial charge on any atom is -0.486 e. The molecule has 2 aromatic carbocycles. The van der Waals surface area contributed by atoms with Gasteiger partial charge in [0, 0.05) is 30.4 Å². The molecule has 0 saturated carbocycles. The van der Waals surface area contributed by atoms with Gasteiger partial charge in [0.05, 0.1) is 0 Å². The van der Waals surface area contributed by atoms with E-state index in [4.69, 9.17) is 4.74 Å². The van der Waals surface area contributed by atoms with Crippen molar-refractivity contribution in [2.75, 3.05) is 25.0 Å². The molecule has 0 aliphatic carbocycles. The quantitative estimate of drug-likeness (QED) is 0.462. The maximum absolute atomic E-state index is 12.6. The average Bonchev–Trinajstić information content (AvgIpc) is 3.34. The van der Waals surface area contributed by atoms with Crippen LogP contribution in [0.1, 0.15) is 56.9 Å². The summed E-state index contributed by atoms with van der Waals surface area (Å²) in [6, 6.07) is 15.1. The topological polar surface area (TPSA) is 96.5 Å². The molecule has 1 unspecified atom stereocenters. The Morgan fingerprint density at radius 1 is 1.11 bits per heavy atom. The van der Waals surface area contributed by atoms with Gasteiger partial charge in [-0.1, -0.05) is 29.9 Å². The van der Waals surface area contributed by atoms with Gasteiger partial charge in [0.2, 0.25) is 5.01 Å².